The van der Waals surface area contributed by atoms with Crippen molar-refractivity contribution in [2.75, 3.05) is 6.54 Å². The maximum Gasteiger partial charge on any atom is 0.451 e. The van der Waals surface area contributed by atoms with Gasteiger partial charge in [-0.3, -0.25) is 4.79 Å². The molecule has 0 aromatic heterocycles. The van der Waals surface area contributed by atoms with Crippen LogP contribution in [0.1, 0.15) is 77.6 Å². The van der Waals surface area contributed by atoms with Crippen molar-refractivity contribution in [1.29, 1.82) is 0 Å². The van der Waals surface area contributed by atoms with Gasteiger partial charge in [0.05, 0.1) is 0 Å². The second-order valence-corrected chi connectivity index (χ2v) is 7.65. The molecule has 0 saturated carbocycles. The largest absolute Gasteiger partial charge is 0.480 e. The zero-order valence-electron chi connectivity index (χ0n) is 15.8. The van der Waals surface area contributed by atoms with Crippen LogP contribution in [-0.4, -0.2) is 40.3 Å². The molecular formula is C19H36BNO4. The first-order valence-corrected chi connectivity index (χ1v) is 9.91. The second kappa shape index (κ2) is 11.7. The maximum absolute atomic E-state index is 11.9. The van der Waals surface area contributed by atoms with Crippen LogP contribution in [0, 0.1) is 5.92 Å². The molecule has 144 valence electrons. The van der Waals surface area contributed by atoms with Crippen molar-refractivity contribution < 1.29 is 19.9 Å². The van der Waals surface area contributed by atoms with Crippen LogP contribution >= 0.6 is 0 Å². The maximum atomic E-state index is 11.9. The van der Waals surface area contributed by atoms with E-state index in [0.29, 0.717) is 32.1 Å². The fourth-order valence-corrected chi connectivity index (χ4v) is 3.77. The zero-order chi connectivity index (χ0) is 18.7. The second-order valence-electron chi connectivity index (χ2n) is 7.65. The van der Waals surface area contributed by atoms with Crippen molar-refractivity contribution in [2.45, 2.75) is 89.4 Å². The Labute approximate surface area is 153 Å². The first kappa shape index (κ1) is 22.2. The lowest BCUT2D eigenvalue weighted by Crippen LogP contribution is -2.56. The summed E-state index contributed by atoms with van der Waals surface area (Å²) in [6, 6.07) is 0. The SMILES string of the molecule is C=C(CCCCCCC)CCC1(C(=O)O)CC(CCB(O)O)CCN1. The molecule has 1 aliphatic heterocycles. The van der Waals surface area contributed by atoms with Crippen LogP contribution in [-0.2, 0) is 4.79 Å². The minimum absolute atomic E-state index is 0.224. The van der Waals surface area contributed by atoms with Gasteiger partial charge >= 0.3 is 13.1 Å². The molecule has 25 heavy (non-hydrogen) atoms. The van der Waals surface area contributed by atoms with E-state index in [-0.39, 0.29) is 5.92 Å². The number of carboxylic acid groups (broad SMARTS) is 1. The van der Waals surface area contributed by atoms with Crippen molar-refractivity contribution in [1.82, 2.24) is 5.32 Å². The fourth-order valence-electron chi connectivity index (χ4n) is 3.77. The third kappa shape index (κ3) is 8.38. The van der Waals surface area contributed by atoms with Gasteiger partial charge in [-0.1, -0.05) is 51.2 Å². The summed E-state index contributed by atoms with van der Waals surface area (Å²) in [5.74, 6) is -0.570. The molecule has 2 atom stereocenters. The van der Waals surface area contributed by atoms with Crippen LogP contribution in [0.25, 0.3) is 0 Å². The number of carboxylic acids is 1. The first-order valence-electron chi connectivity index (χ1n) is 9.91. The van der Waals surface area contributed by atoms with Gasteiger partial charge in [-0.05, 0) is 57.3 Å². The van der Waals surface area contributed by atoms with Crippen molar-refractivity contribution in [3.05, 3.63) is 12.2 Å². The first-order chi connectivity index (χ1) is 11.9. The Morgan fingerprint density at radius 2 is 1.96 bits per heavy atom. The number of unbranched alkanes of at least 4 members (excludes halogenated alkanes) is 4. The number of rotatable bonds is 13. The number of allylic oxidation sites excluding steroid dienone is 1. The number of hydrogen-bond donors (Lipinski definition) is 4. The molecule has 0 bridgehead atoms. The number of aliphatic carboxylic acids is 1. The van der Waals surface area contributed by atoms with E-state index in [1.165, 1.54) is 25.7 Å². The summed E-state index contributed by atoms with van der Waals surface area (Å²) in [4.78, 5) is 11.9. The number of carbonyl (C=O) groups is 1. The van der Waals surface area contributed by atoms with Crippen molar-refractivity contribution in [2.24, 2.45) is 5.92 Å². The quantitative estimate of drug-likeness (QED) is 0.232. The number of piperidine rings is 1. The third-order valence-electron chi connectivity index (χ3n) is 5.43. The number of nitrogens with one attached hydrogen (secondary N) is 1. The highest BCUT2D eigenvalue weighted by Gasteiger charge is 2.42. The molecule has 0 aromatic carbocycles. The van der Waals surface area contributed by atoms with Gasteiger partial charge in [0, 0.05) is 0 Å². The summed E-state index contributed by atoms with van der Waals surface area (Å²) in [7, 11) is -1.30. The summed E-state index contributed by atoms with van der Waals surface area (Å²) >= 11 is 0. The highest BCUT2D eigenvalue weighted by Crippen LogP contribution is 2.33. The zero-order valence-corrected chi connectivity index (χ0v) is 15.8. The third-order valence-corrected chi connectivity index (χ3v) is 5.43. The van der Waals surface area contributed by atoms with Gasteiger partial charge < -0.3 is 20.5 Å². The highest BCUT2D eigenvalue weighted by molar-refractivity contribution is 6.40. The van der Waals surface area contributed by atoms with Gasteiger partial charge in [-0.15, -0.1) is 0 Å². The van der Waals surface area contributed by atoms with Gasteiger partial charge in [0.25, 0.3) is 0 Å². The molecule has 5 nitrogen and oxygen atoms in total. The van der Waals surface area contributed by atoms with E-state index in [0.717, 1.165) is 31.3 Å². The molecule has 1 rings (SSSR count). The minimum Gasteiger partial charge on any atom is -0.480 e. The molecule has 1 fully saturated rings. The van der Waals surface area contributed by atoms with E-state index in [1.807, 2.05) is 0 Å². The van der Waals surface area contributed by atoms with Crippen molar-refractivity contribution in [3.8, 4) is 0 Å². The summed E-state index contributed by atoms with van der Waals surface area (Å²) in [6.07, 6.45) is 10.9. The minimum atomic E-state index is -1.30. The molecular weight excluding hydrogens is 317 g/mol. The molecule has 0 aliphatic carbocycles. The number of hydrogen-bond acceptors (Lipinski definition) is 4. The molecule has 1 heterocycles. The monoisotopic (exact) mass is 353 g/mol. The Balaban J connectivity index is 2.44. The van der Waals surface area contributed by atoms with E-state index in [9.17, 15) is 9.90 Å². The molecule has 0 aromatic rings. The van der Waals surface area contributed by atoms with Gasteiger partial charge in [0.2, 0.25) is 0 Å². The summed E-state index contributed by atoms with van der Waals surface area (Å²) < 4.78 is 0. The van der Waals surface area contributed by atoms with E-state index < -0.39 is 18.6 Å². The Kier molecular flexibility index (Phi) is 10.4. The summed E-state index contributed by atoms with van der Waals surface area (Å²) in [6.45, 7) is 7.01. The van der Waals surface area contributed by atoms with Crippen molar-refractivity contribution >= 4 is 13.1 Å². The van der Waals surface area contributed by atoms with Crippen LogP contribution in [0.4, 0.5) is 0 Å². The van der Waals surface area contributed by atoms with Gasteiger partial charge in [-0.2, -0.15) is 0 Å². The van der Waals surface area contributed by atoms with Crippen LogP contribution in [0.15, 0.2) is 12.2 Å². The Morgan fingerprint density at radius 3 is 2.60 bits per heavy atom. The van der Waals surface area contributed by atoms with E-state index in [2.05, 4.69) is 18.8 Å². The predicted octanol–water partition coefficient (Wildman–Crippen LogP) is 3.37. The van der Waals surface area contributed by atoms with Crippen LogP contribution in [0.3, 0.4) is 0 Å². The van der Waals surface area contributed by atoms with Gasteiger partial charge in [0.15, 0.2) is 0 Å². The molecule has 2 unspecified atom stereocenters. The lowest BCUT2D eigenvalue weighted by Gasteiger charge is -2.39. The smallest absolute Gasteiger partial charge is 0.451 e. The van der Waals surface area contributed by atoms with Crippen LogP contribution in [0.5, 0.6) is 0 Å². The van der Waals surface area contributed by atoms with E-state index in [1.54, 1.807) is 0 Å². The fraction of sp³-hybridized carbons (Fsp3) is 0.842. The highest BCUT2D eigenvalue weighted by atomic mass is 16.4. The molecule has 0 spiro atoms. The predicted molar refractivity (Wildman–Crippen MR) is 102 cm³/mol. The summed E-state index contributed by atoms with van der Waals surface area (Å²) in [5, 5.41) is 31.1. The molecule has 1 saturated heterocycles. The lowest BCUT2D eigenvalue weighted by atomic mass is 9.73. The van der Waals surface area contributed by atoms with E-state index in [4.69, 9.17) is 10.0 Å². The average molecular weight is 353 g/mol. The van der Waals surface area contributed by atoms with Crippen LogP contribution in [0.2, 0.25) is 6.32 Å². The average Bonchev–Trinajstić information content (AvgIpc) is 2.58. The normalized spacial score (nSPS) is 23.4. The molecule has 0 radical (unpaired) electrons. The Morgan fingerprint density at radius 1 is 1.24 bits per heavy atom. The van der Waals surface area contributed by atoms with E-state index >= 15 is 0 Å². The van der Waals surface area contributed by atoms with Crippen LogP contribution < -0.4 is 5.32 Å². The van der Waals surface area contributed by atoms with Gasteiger partial charge in [0.1, 0.15) is 5.54 Å². The Bertz CT molecular complexity index is 416. The lowest BCUT2D eigenvalue weighted by molar-refractivity contribution is -0.147. The van der Waals surface area contributed by atoms with Gasteiger partial charge in [-0.25, -0.2) is 0 Å². The molecule has 4 N–H and O–H groups in total. The Hall–Kier alpha value is -0.845. The standard InChI is InChI=1S/C19H36BNO4/c1-3-4-5-6-7-8-16(2)9-12-19(18(22)23)15-17(11-14-21-19)10-13-20(24)25/h17,21,24-25H,2-15H2,1H3,(H,22,23). The molecule has 6 heteroatoms. The topological polar surface area (TPSA) is 89.8 Å². The molecule has 0 amide bonds. The molecule has 1 aliphatic rings. The summed E-state index contributed by atoms with van der Waals surface area (Å²) in [5.41, 5.74) is 0.251. The van der Waals surface area contributed by atoms with Crippen molar-refractivity contribution in [3.63, 3.8) is 0 Å².